The topological polar surface area (TPSA) is 114 Å². The molecular formula is C20H16ClN5O2. The van der Waals surface area contributed by atoms with Gasteiger partial charge in [-0.1, -0.05) is 36.4 Å². The molecular weight excluding hydrogens is 378 g/mol. The Hall–Kier alpha value is -3.63. The lowest BCUT2D eigenvalue weighted by Crippen LogP contribution is -2.16. The Kier molecular flexibility index (Phi) is 5.72. The fourth-order valence-corrected chi connectivity index (χ4v) is 2.89. The third kappa shape index (κ3) is 4.03. The molecule has 0 radical (unpaired) electrons. The van der Waals surface area contributed by atoms with Crippen LogP contribution in [0.3, 0.4) is 0 Å². The van der Waals surface area contributed by atoms with Crippen LogP contribution in [0.5, 0.6) is 5.75 Å². The molecule has 0 aliphatic rings. The van der Waals surface area contributed by atoms with Gasteiger partial charge in [-0.25, -0.2) is 10.4 Å². The number of hydrogen-bond donors (Lipinski definition) is 3. The van der Waals surface area contributed by atoms with Gasteiger partial charge in [0, 0.05) is 16.7 Å². The van der Waals surface area contributed by atoms with Crippen LogP contribution in [0.25, 0.3) is 11.3 Å². The fraction of sp³-hybridized carbons (Fsp3) is 0.100. The number of phenols is 1. The molecule has 8 heteroatoms. The molecule has 0 spiro atoms. The van der Waals surface area contributed by atoms with Crippen LogP contribution in [0.15, 0.2) is 52.4 Å². The van der Waals surface area contributed by atoms with Gasteiger partial charge in [0.25, 0.3) is 5.56 Å². The van der Waals surface area contributed by atoms with Gasteiger partial charge in [0.2, 0.25) is 5.95 Å². The highest BCUT2D eigenvalue weighted by Crippen LogP contribution is 2.25. The maximum absolute atomic E-state index is 12.2. The predicted octanol–water partition coefficient (Wildman–Crippen LogP) is 3.51. The quantitative estimate of drug-likeness (QED) is 0.348. The third-order valence-corrected chi connectivity index (χ3v) is 4.25. The Labute approximate surface area is 166 Å². The number of aromatic nitrogens is 2. The number of aromatic amines is 1. The van der Waals surface area contributed by atoms with E-state index in [2.05, 4.69) is 20.5 Å². The summed E-state index contributed by atoms with van der Waals surface area (Å²) >= 11 is 5.83. The second-order valence-electron chi connectivity index (χ2n) is 5.98. The number of aromatic hydroxyl groups is 1. The molecule has 0 amide bonds. The predicted molar refractivity (Wildman–Crippen MR) is 109 cm³/mol. The zero-order valence-electron chi connectivity index (χ0n) is 14.9. The van der Waals surface area contributed by atoms with Gasteiger partial charge in [0.1, 0.15) is 17.4 Å². The number of hydrogen-bond acceptors (Lipinski definition) is 6. The maximum atomic E-state index is 12.2. The average Bonchev–Trinajstić information content (AvgIpc) is 2.70. The SMILES string of the molecule is Cc1cc(C=NNc2nc(-c3ccccc3)c(C#N)c(=O)[nH]2)c(O)c(CCl)c1. The molecule has 3 N–H and O–H groups in total. The van der Waals surface area contributed by atoms with E-state index in [1.54, 1.807) is 36.4 Å². The number of benzene rings is 2. The maximum Gasteiger partial charge on any atom is 0.270 e. The lowest BCUT2D eigenvalue weighted by atomic mass is 10.1. The molecule has 0 atom stereocenters. The van der Waals surface area contributed by atoms with E-state index in [0.717, 1.165) is 5.56 Å². The number of nitrogens with one attached hydrogen (secondary N) is 2. The Morgan fingerprint density at radius 3 is 2.79 bits per heavy atom. The number of aryl methyl sites for hydroxylation is 1. The molecule has 0 aliphatic heterocycles. The second-order valence-corrected chi connectivity index (χ2v) is 6.25. The van der Waals surface area contributed by atoms with Crippen LogP contribution < -0.4 is 11.0 Å². The number of nitriles is 1. The van der Waals surface area contributed by atoms with Crippen molar-refractivity contribution in [2.24, 2.45) is 5.10 Å². The number of hydrazone groups is 1. The summed E-state index contributed by atoms with van der Waals surface area (Å²) in [6.07, 6.45) is 1.40. The van der Waals surface area contributed by atoms with Crippen molar-refractivity contribution in [3.05, 3.63) is 75.1 Å². The highest BCUT2D eigenvalue weighted by Gasteiger charge is 2.13. The highest BCUT2D eigenvalue weighted by atomic mass is 35.5. The minimum atomic E-state index is -0.572. The number of H-pyrrole nitrogens is 1. The van der Waals surface area contributed by atoms with Crippen molar-refractivity contribution in [3.63, 3.8) is 0 Å². The zero-order chi connectivity index (χ0) is 20.1. The van der Waals surface area contributed by atoms with Crippen LogP contribution in [0, 0.1) is 18.3 Å². The van der Waals surface area contributed by atoms with Crippen molar-refractivity contribution in [2.45, 2.75) is 12.8 Å². The molecule has 7 nitrogen and oxygen atoms in total. The summed E-state index contributed by atoms with van der Waals surface area (Å²) in [6, 6.07) is 14.3. The summed E-state index contributed by atoms with van der Waals surface area (Å²) in [5, 5.41) is 23.5. The molecule has 28 heavy (non-hydrogen) atoms. The molecule has 1 heterocycles. The molecule has 0 saturated carbocycles. The van der Waals surface area contributed by atoms with Gasteiger partial charge in [0.05, 0.1) is 17.8 Å². The standard InChI is InChI=1S/C20H16ClN5O2/c1-12-7-14(9-21)18(27)15(8-12)11-23-26-20-24-17(13-5-3-2-4-6-13)16(10-22)19(28)25-20/h2-8,11,27H,9H2,1H3,(H2,24,25,26,28). The van der Waals surface area contributed by atoms with Crippen LogP contribution in [0.4, 0.5) is 5.95 Å². The molecule has 0 bridgehead atoms. The summed E-state index contributed by atoms with van der Waals surface area (Å²) in [4.78, 5) is 19.0. The Morgan fingerprint density at radius 2 is 2.11 bits per heavy atom. The first-order chi connectivity index (χ1) is 13.5. The minimum Gasteiger partial charge on any atom is -0.507 e. The van der Waals surface area contributed by atoms with Crippen LogP contribution in [0.1, 0.15) is 22.3 Å². The molecule has 0 fully saturated rings. The van der Waals surface area contributed by atoms with E-state index < -0.39 is 5.56 Å². The number of anilines is 1. The summed E-state index contributed by atoms with van der Waals surface area (Å²) < 4.78 is 0. The van der Waals surface area contributed by atoms with Crippen molar-refractivity contribution < 1.29 is 5.11 Å². The van der Waals surface area contributed by atoms with E-state index in [4.69, 9.17) is 11.6 Å². The lowest BCUT2D eigenvalue weighted by Gasteiger charge is -2.07. The van der Waals surface area contributed by atoms with Gasteiger partial charge in [-0.15, -0.1) is 11.6 Å². The smallest absolute Gasteiger partial charge is 0.270 e. The summed E-state index contributed by atoms with van der Waals surface area (Å²) in [7, 11) is 0. The lowest BCUT2D eigenvalue weighted by molar-refractivity contribution is 0.469. The fourth-order valence-electron chi connectivity index (χ4n) is 2.68. The molecule has 140 valence electrons. The molecule has 0 saturated heterocycles. The van der Waals surface area contributed by atoms with Crippen LogP contribution in [-0.4, -0.2) is 21.3 Å². The van der Waals surface area contributed by atoms with Crippen LogP contribution in [-0.2, 0) is 5.88 Å². The number of nitrogens with zero attached hydrogens (tertiary/aromatic N) is 3. The van der Waals surface area contributed by atoms with E-state index in [1.807, 2.05) is 19.1 Å². The average molecular weight is 394 g/mol. The summed E-state index contributed by atoms with van der Waals surface area (Å²) in [6.45, 7) is 1.88. The molecule has 1 aromatic heterocycles. The normalized spacial score (nSPS) is 10.8. The van der Waals surface area contributed by atoms with Crippen molar-refractivity contribution in [2.75, 3.05) is 5.43 Å². The first-order valence-electron chi connectivity index (χ1n) is 8.31. The van der Waals surface area contributed by atoms with Gasteiger partial charge in [0.15, 0.2) is 0 Å². The number of alkyl halides is 1. The van der Waals surface area contributed by atoms with Gasteiger partial charge in [-0.2, -0.15) is 10.4 Å². The number of rotatable bonds is 5. The molecule has 2 aromatic carbocycles. The van der Waals surface area contributed by atoms with Crippen LogP contribution in [0.2, 0.25) is 0 Å². The van der Waals surface area contributed by atoms with Crippen molar-refractivity contribution >= 4 is 23.8 Å². The monoisotopic (exact) mass is 393 g/mol. The summed E-state index contributed by atoms with van der Waals surface area (Å²) in [5.41, 5.74) is 4.87. The largest absolute Gasteiger partial charge is 0.507 e. The zero-order valence-corrected chi connectivity index (χ0v) is 15.7. The first kappa shape index (κ1) is 19.1. The van der Waals surface area contributed by atoms with Crippen molar-refractivity contribution in [1.82, 2.24) is 9.97 Å². The van der Waals surface area contributed by atoms with Gasteiger partial charge < -0.3 is 5.11 Å². The summed E-state index contributed by atoms with van der Waals surface area (Å²) in [5.74, 6) is 0.286. The van der Waals surface area contributed by atoms with E-state index in [9.17, 15) is 15.2 Å². The van der Waals surface area contributed by atoms with E-state index in [1.165, 1.54) is 6.21 Å². The van der Waals surface area contributed by atoms with E-state index >= 15 is 0 Å². The first-order valence-corrected chi connectivity index (χ1v) is 8.84. The molecule has 3 rings (SSSR count). The second kappa shape index (κ2) is 8.37. The molecule has 0 unspecified atom stereocenters. The minimum absolute atomic E-state index is 0.0393. The van der Waals surface area contributed by atoms with Gasteiger partial charge in [-0.05, 0) is 18.6 Å². The Balaban J connectivity index is 1.93. The Morgan fingerprint density at radius 1 is 1.36 bits per heavy atom. The molecule has 0 aliphatic carbocycles. The third-order valence-electron chi connectivity index (χ3n) is 3.96. The van der Waals surface area contributed by atoms with Crippen molar-refractivity contribution in [3.8, 4) is 23.1 Å². The Bertz CT molecular complexity index is 1130. The molecule has 3 aromatic rings. The van der Waals surface area contributed by atoms with E-state index in [-0.39, 0.29) is 28.8 Å². The van der Waals surface area contributed by atoms with Crippen molar-refractivity contribution in [1.29, 1.82) is 5.26 Å². The van der Waals surface area contributed by atoms with E-state index in [0.29, 0.717) is 16.7 Å². The van der Waals surface area contributed by atoms with Crippen LogP contribution >= 0.6 is 11.6 Å². The number of halogens is 1. The van der Waals surface area contributed by atoms with Gasteiger partial charge >= 0.3 is 0 Å². The van der Waals surface area contributed by atoms with Gasteiger partial charge in [-0.3, -0.25) is 9.78 Å². The number of phenolic OH excluding ortho intramolecular Hbond substituents is 1. The highest BCUT2D eigenvalue weighted by molar-refractivity contribution is 6.17.